The number of likely N-dealkylation sites (tertiary alicyclic amines) is 1. The molecule has 31 heavy (non-hydrogen) atoms. The molecule has 2 aromatic heterocycles. The molecule has 1 aliphatic heterocycles. The van der Waals surface area contributed by atoms with Gasteiger partial charge in [-0.1, -0.05) is 37.1 Å². The van der Waals surface area contributed by atoms with Crippen molar-refractivity contribution in [3.63, 3.8) is 0 Å². The Morgan fingerprint density at radius 3 is 2.55 bits per heavy atom. The van der Waals surface area contributed by atoms with Gasteiger partial charge in [0.2, 0.25) is 0 Å². The van der Waals surface area contributed by atoms with E-state index in [1.54, 1.807) is 12.1 Å². The Labute approximate surface area is 180 Å². The van der Waals surface area contributed by atoms with Gasteiger partial charge in [-0.25, -0.2) is 9.07 Å². The second-order valence-electron chi connectivity index (χ2n) is 8.13. The Hall–Kier alpha value is -3.19. The van der Waals surface area contributed by atoms with Crippen LogP contribution in [0.4, 0.5) is 4.39 Å². The molecule has 0 saturated carbocycles. The Kier molecular flexibility index (Phi) is 5.67. The summed E-state index contributed by atoms with van der Waals surface area (Å²) in [5.41, 5.74) is 3.11. The lowest BCUT2D eigenvalue weighted by Crippen LogP contribution is -2.33. The molecule has 1 saturated heterocycles. The summed E-state index contributed by atoms with van der Waals surface area (Å²) in [5, 5.41) is 13.9. The highest BCUT2D eigenvalue weighted by molar-refractivity contribution is 5.79. The van der Waals surface area contributed by atoms with Crippen molar-refractivity contribution >= 4 is 10.9 Å². The zero-order chi connectivity index (χ0) is 21.0. The van der Waals surface area contributed by atoms with Gasteiger partial charge in [0.15, 0.2) is 5.82 Å². The Bertz CT molecular complexity index is 1150. The molecule has 1 unspecified atom stereocenters. The molecular weight excluding hydrogens is 391 g/mol. The van der Waals surface area contributed by atoms with Crippen LogP contribution in [0.2, 0.25) is 0 Å². The molecule has 0 radical (unpaired) electrons. The molecule has 6 nitrogen and oxygen atoms in total. The Balaban J connectivity index is 1.55. The molecule has 0 amide bonds. The highest BCUT2D eigenvalue weighted by atomic mass is 19.1. The highest BCUT2D eigenvalue weighted by Gasteiger charge is 2.28. The van der Waals surface area contributed by atoms with Crippen molar-refractivity contribution in [2.75, 3.05) is 13.1 Å². The smallest absolute Gasteiger partial charge is 0.173 e. The summed E-state index contributed by atoms with van der Waals surface area (Å²) in [6.07, 6.45) is 6.67. The van der Waals surface area contributed by atoms with E-state index in [4.69, 9.17) is 0 Å². The second-order valence-corrected chi connectivity index (χ2v) is 8.13. The van der Waals surface area contributed by atoms with Crippen LogP contribution in [-0.2, 0) is 6.54 Å². The Morgan fingerprint density at radius 2 is 1.74 bits per heavy atom. The quantitative estimate of drug-likeness (QED) is 0.483. The van der Waals surface area contributed by atoms with Gasteiger partial charge in [-0.3, -0.25) is 9.88 Å². The van der Waals surface area contributed by atoms with E-state index in [0.717, 1.165) is 40.9 Å². The molecule has 0 N–H and O–H groups in total. The van der Waals surface area contributed by atoms with E-state index in [-0.39, 0.29) is 11.9 Å². The molecule has 0 bridgehead atoms. The van der Waals surface area contributed by atoms with Gasteiger partial charge in [0.25, 0.3) is 0 Å². The Morgan fingerprint density at radius 1 is 0.935 bits per heavy atom. The lowest BCUT2D eigenvalue weighted by atomic mass is 10.0. The van der Waals surface area contributed by atoms with Crippen LogP contribution in [0.15, 0.2) is 60.8 Å². The standard InChI is InChI=1S/C24H25FN6/c25-21-10-7-18(8-11-21)17-31-24(27-28-29-31)23(30-14-3-1-2-4-15-30)20-9-12-22-19(16-20)6-5-13-26-22/h5-13,16,23H,1-4,14-15,17H2. The number of hydrogen-bond donors (Lipinski definition) is 0. The fraction of sp³-hybridized carbons (Fsp3) is 0.333. The van der Waals surface area contributed by atoms with Crippen molar-refractivity contribution in [1.82, 2.24) is 30.1 Å². The van der Waals surface area contributed by atoms with Crippen LogP contribution in [-0.4, -0.2) is 43.2 Å². The fourth-order valence-corrected chi connectivity index (χ4v) is 4.42. The SMILES string of the molecule is Fc1ccc(Cn2nnnc2C(c2ccc3ncccc3c2)N2CCCCCC2)cc1. The summed E-state index contributed by atoms with van der Waals surface area (Å²) in [5.74, 6) is 0.572. The minimum absolute atomic E-state index is 0.0434. The minimum Gasteiger partial charge on any atom is -0.290 e. The van der Waals surface area contributed by atoms with Crippen LogP contribution < -0.4 is 0 Å². The molecule has 2 aromatic carbocycles. The maximum atomic E-state index is 13.3. The maximum absolute atomic E-state index is 13.3. The lowest BCUT2D eigenvalue weighted by molar-refractivity contribution is 0.222. The van der Waals surface area contributed by atoms with Crippen LogP contribution in [0, 0.1) is 5.82 Å². The second kappa shape index (κ2) is 8.89. The number of benzene rings is 2. The van der Waals surface area contributed by atoms with Gasteiger partial charge >= 0.3 is 0 Å². The van der Waals surface area contributed by atoms with E-state index in [1.807, 2.05) is 16.9 Å². The maximum Gasteiger partial charge on any atom is 0.173 e. The number of rotatable bonds is 5. The van der Waals surface area contributed by atoms with Crippen LogP contribution in [0.1, 0.15) is 48.7 Å². The molecule has 0 aliphatic carbocycles. The average molecular weight is 417 g/mol. The first-order valence-electron chi connectivity index (χ1n) is 10.9. The molecule has 7 heteroatoms. The van der Waals surface area contributed by atoms with Gasteiger partial charge in [0, 0.05) is 11.6 Å². The third-order valence-corrected chi connectivity index (χ3v) is 6.00. The summed E-state index contributed by atoms with van der Waals surface area (Å²) in [6, 6.07) is 16.9. The van der Waals surface area contributed by atoms with Gasteiger partial charge in [0.1, 0.15) is 5.82 Å². The molecule has 1 aliphatic rings. The number of aromatic nitrogens is 5. The number of tetrazole rings is 1. The molecule has 5 rings (SSSR count). The third-order valence-electron chi connectivity index (χ3n) is 6.00. The first-order valence-corrected chi connectivity index (χ1v) is 10.9. The van der Waals surface area contributed by atoms with E-state index >= 15 is 0 Å². The van der Waals surface area contributed by atoms with Crippen LogP contribution >= 0.6 is 0 Å². The van der Waals surface area contributed by atoms with Crippen molar-refractivity contribution in [2.45, 2.75) is 38.3 Å². The molecule has 0 spiro atoms. The number of fused-ring (bicyclic) bond motifs is 1. The monoisotopic (exact) mass is 416 g/mol. The molecular formula is C24H25FN6. The predicted octanol–water partition coefficient (Wildman–Crippen LogP) is 4.37. The van der Waals surface area contributed by atoms with E-state index in [1.165, 1.54) is 37.8 Å². The number of nitrogens with zero attached hydrogens (tertiary/aromatic N) is 6. The van der Waals surface area contributed by atoms with Gasteiger partial charge in [0.05, 0.1) is 18.1 Å². The third kappa shape index (κ3) is 4.32. The average Bonchev–Trinajstić information content (AvgIpc) is 3.07. The highest BCUT2D eigenvalue weighted by Crippen LogP contribution is 2.31. The molecule has 1 atom stereocenters. The van der Waals surface area contributed by atoms with Gasteiger partial charge in [-0.2, -0.15) is 0 Å². The van der Waals surface area contributed by atoms with Crippen molar-refractivity contribution < 1.29 is 4.39 Å². The topological polar surface area (TPSA) is 59.7 Å². The zero-order valence-corrected chi connectivity index (χ0v) is 17.4. The number of hydrogen-bond acceptors (Lipinski definition) is 5. The predicted molar refractivity (Wildman–Crippen MR) is 117 cm³/mol. The van der Waals surface area contributed by atoms with Gasteiger partial charge in [-0.15, -0.1) is 5.10 Å². The van der Waals surface area contributed by atoms with E-state index in [0.29, 0.717) is 6.54 Å². The normalized spacial score (nSPS) is 16.3. The first kappa shape index (κ1) is 19.8. The van der Waals surface area contributed by atoms with Crippen LogP contribution in [0.5, 0.6) is 0 Å². The van der Waals surface area contributed by atoms with E-state index < -0.39 is 0 Å². The number of pyridine rings is 1. The largest absolute Gasteiger partial charge is 0.290 e. The van der Waals surface area contributed by atoms with Gasteiger partial charge in [-0.05, 0) is 77.8 Å². The summed E-state index contributed by atoms with van der Waals surface area (Å²) in [4.78, 5) is 6.96. The molecule has 3 heterocycles. The van der Waals surface area contributed by atoms with E-state index in [9.17, 15) is 4.39 Å². The van der Waals surface area contributed by atoms with Gasteiger partial charge < -0.3 is 0 Å². The summed E-state index contributed by atoms with van der Waals surface area (Å²) in [6.45, 7) is 2.53. The fourth-order valence-electron chi connectivity index (χ4n) is 4.42. The van der Waals surface area contributed by atoms with Crippen LogP contribution in [0.25, 0.3) is 10.9 Å². The van der Waals surface area contributed by atoms with Crippen molar-refractivity contribution in [3.8, 4) is 0 Å². The minimum atomic E-state index is -0.243. The molecule has 4 aromatic rings. The summed E-state index contributed by atoms with van der Waals surface area (Å²) >= 11 is 0. The molecule has 1 fully saturated rings. The lowest BCUT2D eigenvalue weighted by Gasteiger charge is -2.30. The first-order chi connectivity index (χ1) is 15.3. The number of halogens is 1. The summed E-state index contributed by atoms with van der Waals surface area (Å²) < 4.78 is 15.2. The summed E-state index contributed by atoms with van der Waals surface area (Å²) in [7, 11) is 0. The van der Waals surface area contributed by atoms with E-state index in [2.05, 4.69) is 49.7 Å². The molecule has 158 valence electrons. The van der Waals surface area contributed by atoms with Crippen molar-refractivity contribution in [1.29, 1.82) is 0 Å². The zero-order valence-electron chi connectivity index (χ0n) is 17.4. The van der Waals surface area contributed by atoms with Crippen molar-refractivity contribution in [3.05, 3.63) is 83.6 Å². The van der Waals surface area contributed by atoms with Crippen LogP contribution in [0.3, 0.4) is 0 Å². The van der Waals surface area contributed by atoms with Crippen molar-refractivity contribution in [2.24, 2.45) is 0 Å².